The highest BCUT2D eigenvalue weighted by Crippen LogP contribution is 2.26. The summed E-state index contributed by atoms with van der Waals surface area (Å²) < 4.78 is 10.6. The molecular formula is C24H25N3O5. The Morgan fingerprint density at radius 1 is 1.06 bits per heavy atom. The average Bonchev–Trinajstić information content (AvgIpc) is 2.82. The molecule has 1 amide bonds. The van der Waals surface area contributed by atoms with Crippen LogP contribution in [-0.2, 0) is 11.3 Å². The number of methoxy groups -OCH3 is 1. The number of amides is 1. The van der Waals surface area contributed by atoms with Crippen LogP contribution in [0.3, 0.4) is 0 Å². The Bertz CT molecular complexity index is 1190. The molecule has 2 N–H and O–H groups in total. The predicted octanol–water partition coefficient (Wildman–Crippen LogP) is 2.30. The van der Waals surface area contributed by atoms with Gasteiger partial charge in [0, 0.05) is 25.2 Å². The highest BCUT2D eigenvalue weighted by molar-refractivity contribution is 6.05. The molecule has 0 spiro atoms. The molecule has 1 aliphatic heterocycles. The Kier molecular flexibility index (Phi) is 6.23. The molecule has 1 fully saturated rings. The summed E-state index contributed by atoms with van der Waals surface area (Å²) in [6.45, 7) is 4.57. The molecular weight excluding hydrogens is 410 g/mol. The standard InChI is InChI=1S/C24H25N3O5/c1-15-3-8-19(31-2)18(13-15)26-24(30)17-6-4-16(5-7-17)14-25-20-21(23(29)22(20)28)27-9-11-32-12-10-27/h3-8,13,25H,9-12,14H2,1-2H3,(H,26,30). The zero-order chi connectivity index (χ0) is 22.7. The van der Waals surface area contributed by atoms with Crippen molar-refractivity contribution in [3.05, 3.63) is 79.6 Å². The van der Waals surface area contributed by atoms with Crippen molar-refractivity contribution in [2.45, 2.75) is 13.5 Å². The molecule has 8 heteroatoms. The smallest absolute Gasteiger partial charge is 0.255 e. The first-order valence-electron chi connectivity index (χ1n) is 10.4. The number of benzene rings is 2. The second-order valence-corrected chi connectivity index (χ2v) is 7.69. The molecule has 32 heavy (non-hydrogen) atoms. The largest absolute Gasteiger partial charge is 0.495 e. The number of morpholine rings is 1. The summed E-state index contributed by atoms with van der Waals surface area (Å²) in [5.74, 6) is 0.347. The van der Waals surface area contributed by atoms with Crippen LogP contribution in [0, 0.1) is 6.92 Å². The van der Waals surface area contributed by atoms with Crippen LogP contribution >= 0.6 is 0 Å². The number of carbonyl (C=O) groups excluding carboxylic acids is 1. The third-order valence-electron chi connectivity index (χ3n) is 5.50. The van der Waals surface area contributed by atoms with Crippen LogP contribution < -0.4 is 31.1 Å². The molecule has 0 aliphatic carbocycles. The molecule has 0 aromatic heterocycles. The summed E-state index contributed by atoms with van der Waals surface area (Å²) in [5, 5.41) is 5.96. The Morgan fingerprint density at radius 3 is 2.47 bits per heavy atom. The van der Waals surface area contributed by atoms with Gasteiger partial charge in [-0.25, -0.2) is 0 Å². The van der Waals surface area contributed by atoms with E-state index in [1.54, 1.807) is 19.2 Å². The lowest BCUT2D eigenvalue weighted by molar-refractivity contribution is 0.102. The minimum absolute atomic E-state index is 0.245. The molecule has 3 aromatic carbocycles. The van der Waals surface area contributed by atoms with Crippen LogP contribution in [-0.4, -0.2) is 39.3 Å². The second kappa shape index (κ2) is 9.23. The molecule has 0 bridgehead atoms. The number of nitrogens with one attached hydrogen (secondary N) is 2. The minimum atomic E-state index is -0.491. The van der Waals surface area contributed by atoms with Gasteiger partial charge in [-0.15, -0.1) is 0 Å². The van der Waals surface area contributed by atoms with Gasteiger partial charge in [0.1, 0.15) is 17.1 Å². The third-order valence-corrected chi connectivity index (χ3v) is 5.50. The van der Waals surface area contributed by atoms with E-state index in [4.69, 9.17) is 9.47 Å². The number of hydrogen-bond acceptors (Lipinski definition) is 7. The molecule has 0 saturated carbocycles. The maximum atomic E-state index is 12.6. The Balaban J connectivity index is 1.40. The molecule has 1 heterocycles. The fourth-order valence-corrected chi connectivity index (χ4v) is 3.71. The normalized spacial score (nSPS) is 13.8. The lowest BCUT2D eigenvalue weighted by Crippen LogP contribution is -2.46. The molecule has 3 aromatic rings. The third kappa shape index (κ3) is 4.36. The van der Waals surface area contributed by atoms with E-state index in [0.717, 1.165) is 11.1 Å². The van der Waals surface area contributed by atoms with E-state index in [2.05, 4.69) is 10.6 Å². The fraction of sp³-hybridized carbons (Fsp3) is 0.292. The van der Waals surface area contributed by atoms with Gasteiger partial charge in [0.15, 0.2) is 0 Å². The number of ether oxygens (including phenoxy) is 2. The molecule has 1 aliphatic rings. The maximum absolute atomic E-state index is 12.6. The van der Waals surface area contributed by atoms with Gasteiger partial charge in [0.2, 0.25) is 0 Å². The lowest BCUT2D eigenvalue weighted by Gasteiger charge is -2.30. The lowest BCUT2D eigenvalue weighted by atomic mass is 10.1. The van der Waals surface area contributed by atoms with Crippen molar-refractivity contribution in [3.63, 3.8) is 0 Å². The van der Waals surface area contributed by atoms with Crippen LogP contribution in [0.25, 0.3) is 0 Å². The number of rotatable bonds is 7. The van der Waals surface area contributed by atoms with Gasteiger partial charge in [-0.3, -0.25) is 14.4 Å². The van der Waals surface area contributed by atoms with Gasteiger partial charge < -0.3 is 25.0 Å². The van der Waals surface area contributed by atoms with Gasteiger partial charge in [0.05, 0.1) is 26.0 Å². The van der Waals surface area contributed by atoms with E-state index in [9.17, 15) is 14.4 Å². The first-order chi connectivity index (χ1) is 15.5. The van der Waals surface area contributed by atoms with Crippen molar-refractivity contribution in [1.82, 2.24) is 0 Å². The molecule has 166 valence electrons. The van der Waals surface area contributed by atoms with Crippen molar-refractivity contribution < 1.29 is 14.3 Å². The number of nitrogens with zero attached hydrogens (tertiary/aromatic N) is 1. The Morgan fingerprint density at radius 2 is 1.78 bits per heavy atom. The van der Waals surface area contributed by atoms with Crippen molar-refractivity contribution in [1.29, 1.82) is 0 Å². The van der Waals surface area contributed by atoms with Crippen molar-refractivity contribution in [2.75, 3.05) is 48.9 Å². The first-order valence-corrected chi connectivity index (χ1v) is 10.4. The van der Waals surface area contributed by atoms with Crippen LogP contribution in [0.1, 0.15) is 21.5 Å². The zero-order valence-corrected chi connectivity index (χ0v) is 18.1. The summed E-state index contributed by atoms with van der Waals surface area (Å²) in [7, 11) is 1.56. The summed E-state index contributed by atoms with van der Waals surface area (Å²) in [6, 6.07) is 12.7. The zero-order valence-electron chi connectivity index (χ0n) is 18.1. The van der Waals surface area contributed by atoms with Crippen LogP contribution in [0.2, 0.25) is 0 Å². The molecule has 0 unspecified atom stereocenters. The van der Waals surface area contributed by atoms with Crippen molar-refractivity contribution in [2.24, 2.45) is 0 Å². The quantitative estimate of drug-likeness (QED) is 0.550. The monoisotopic (exact) mass is 435 g/mol. The van der Waals surface area contributed by atoms with Gasteiger partial charge in [-0.2, -0.15) is 0 Å². The second-order valence-electron chi connectivity index (χ2n) is 7.69. The van der Waals surface area contributed by atoms with E-state index < -0.39 is 10.9 Å². The summed E-state index contributed by atoms with van der Waals surface area (Å²) >= 11 is 0. The van der Waals surface area contributed by atoms with E-state index in [1.807, 2.05) is 42.2 Å². The van der Waals surface area contributed by atoms with E-state index in [-0.39, 0.29) is 5.91 Å². The molecule has 1 saturated heterocycles. The van der Waals surface area contributed by atoms with Gasteiger partial charge in [-0.05, 0) is 42.3 Å². The number of carbonyl (C=O) groups is 1. The SMILES string of the molecule is COc1ccc(C)cc1NC(=O)c1ccc(CNc2c(N3CCOCC3)c(=O)c2=O)cc1. The molecule has 4 rings (SSSR count). The van der Waals surface area contributed by atoms with Gasteiger partial charge in [0.25, 0.3) is 16.8 Å². The van der Waals surface area contributed by atoms with Crippen LogP contribution in [0.4, 0.5) is 17.1 Å². The Hall–Kier alpha value is -3.65. The summed E-state index contributed by atoms with van der Waals surface area (Å²) in [6.07, 6.45) is 0. The number of hydrogen-bond donors (Lipinski definition) is 2. The fourth-order valence-electron chi connectivity index (χ4n) is 3.71. The van der Waals surface area contributed by atoms with Crippen molar-refractivity contribution >= 4 is 23.0 Å². The highest BCUT2D eigenvalue weighted by Gasteiger charge is 2.26. The molecule has 0 radical (unpaired) electrons. The minimum Gasteiger partial charge on any atom is -0.495 e. The van der Waals surface area contributed by atoms with Crippen LogP contribution in [0.15, 0.2) is 52.1 Å². The van der Waals surface area contributed by atoms with Crippen molar-refractivity contribution in [3.8, 4) is 5.75 Å². The number of anilines is 3. The topological polar surface area (TPSA) is 97.0 Å². The van der Waals surface area contributed by atoms with E-state index in [0.29, 0.717) is 61.2 Å². The maximum Gasteiger partial charge on any atom is 0.255 e. The van der Waals surface area contributed by atoms with E-state index >= 15 is 0 Å². The summed E-state index contributed by atoms with van der Waals surface area (Å²) in [5.41, 5.74) is 2.86. The first kappa shape index (κ1) is 21.6. The number of aryl methyl sites for hydroxylation is 1. The van der Waals surface area contributed by atoms with Crippen LogP contribution in [0.5, 0.6) is 5.75 Å². The van der Waals surface area contributed by atoms with Gasteiger partial charge in [-0.1, -0.05) is 18.2 Å². The highest BCUT2D eigenvalue weighted by atomic mass is 16.5. The molecule has 8 nitrogen and oxygen atoms in total. The predicted molar refractivity (Wildman–Crippen MR) is 124 cm³/mol. The van der Waals surface area contributed by atoms with E-state index in [1.165, 1.54) is 0 Å². The Labute approximate surface area is 185 Å². The molecule has 0 atom stereocenters. The van der Waals surface area contributed by atoms with Gasteiger partial charge >= 0.3 is 0 Å². The summed E-state index contributed by atoms with van der Waals surface area (Å²) in [4.78, 5) is 38.6. The average molecular weight is 435 g/mol.